The maximum Gasteiger partial charge on any atom is 0.252 e. The number of fused-ring (bicyclic) bond motifs is 10. The van der Waals surface area contributed by atoms with Crippen LogP contribution in [0.25, 0.3) is 0 Å². The van der Waals surface area contributed by atoms with Gasteiger partial charge < -0.3 is 29.2 Å². The monoisotopic (exact) mass is 1250 g/mol. The normalized spacial score (nSPS) is 14.9. The van der Waals surface area contributed by atoms with Gasteiger partial charge in [-0.05, 0) is 190 Å². The minimum absolute atomic E-state index is 0.252. The van der Waals surface area contributed by atoms with E-state index in [2.05, 4.69) is 183 Å². The highest BCUT2D eigenvalue weighted by molar-refractivity contribution is 7.06. The molecule has 6 nitrogen and oxygen atoms in total. The van der Waals surface area contributed by atoms with Crippen LogP contribution in [0.2, 0.25) is 0 Å². The van der Waals surface area contributed by atoms with Crippen molar-refractivity contribution in [2.24, 2.45) is 0 Å². The van der Waals surface area contributed by atoms with E-state index in [1.807, 2.05) is 70.5 Å². The zero-order valence-corrected chi connectivity index (χ0v) is 55.4. The number of hydrogen-bond acceptors (Lipinski definition) is 6. The molecule has 0 unspecified atom stereocenters. The molecule has 7 aliphatic rings. The summed E-state index contributed by atoms with van der Waals surface area (Å²) in [5.74, 6) is -0.158. The van der Waals surface area contributed by atoms with Gasteiger partial charge in [0.1, 0.15) is 23.3 Å². The quantitative estimate of drug-likeness (QED) is 0.129. The summed E-state index contributed by atoms with van der Waals surface area (Å²) in [7, 11) is 0. The van der Waals surface area contributed by atoms with Crippen LogP contribution in [-0.2, 0) is 21.7 Å². The molecular formula is C82H68B3F4N5O. The van der Waals surface area contributed by atoms with Crippen molar-refractivity contribution >= 4 is 155 Å². The second kappa shape index (κ2) is 19.4. The van der Waals surface area contributed by atoms with Crippen LogP contribution in [0.5, 0.6) is 11.5 Å². The van der Waals surface area contributed by atoms with Crippen LogP contribution in [0.15, 0.2) is 194 Å². The SMILES string of the molecule is CC(C)(C)c1ccc2c(c1)B1c3cc4c(cc3N(c3ccccc3F)c3cccc(c31)N2c1ccccc1F)N(c1ccccc1F)c1cc2c3c5c1B4c1cc(C(C)(C)C)cc4c1N5c1c(cc(C(C)(C)C)cc1B3c1cc(C(C)(C)C)ccc1N2c1ccccc1F)O4. The number of anilines is 15. The predicted octanol–water partition coefficient (Wildman–Crippen LogP) is 16.3. The number of benzene rings is 11. The third-order valence-corrected chi connectivity index (χ3v) is 21.2. The first-order valence-corrected chi connectivity index (χ1v) is 33.2. The molecule has 13 heteroatoms. The summed E-state index contributed by atoms with van der Waals surface area (Å²) in [5.41, 5.74) is 22.4. The molecule has 7 heterocycles. The Bertz CT molecular complexity index is 5250. The summed E-state index contributed by atoms with van der Waals surface area (Å²) in [6.45, 7) is 25.4. The van der Waals surface area contributed by atoms with Gasteiger partial charge in [-0.1, -0.05) is 180 Å². The van der Waals surface area contributed by atoms with Gasteiger partial charge in [-0.15, -0.1) is 0 Å². The average molecular weight is 1250 g/mol. The molecule has 95 heavy (non-hydrogen) atoms. The van der Waals surface area contributed by atoms with Crippen LogP contribution in [0.1, 0.15) is 105 Å². The third kappa shape index (κ3) is 8.01. The third-order valence-electron chi connectivity index (χ3n) is 21.2. The van der Waals surface area contributed by atoms with Crippen molar-refractivity contribution in [2.75, 3.05) is 24.5 Å². The van der Waals surface area contributed by atoms with Gasteiger partial charge in [0.2, 0.25) is 0 Å². The largest absolute Gasteiger partial charge is 0.453 e. The lowest BCUT2D eigenvalue weighted by molar-refractivity contribution is 0.470. The van der Waals surface area contributed by atoms with Crippen LogP contribution in [0, 0.1) is 23.3 Å². The molecule has 11 aromatic carbocycles. The summed E-state index contributed by atoms with van der Waals surface area (Å²) < 4.78 is 77.6. The highest BCUT2D eigenvalue weighted by atomic mass is 19.1. The van der Waals surface area contributed by atoms with Gasteiger partial charge in [-0.2, -0.15) is 0 Å². The molecule has 0 saturated carbocycles. The number of hydrogen-bond donors (Lipinski definition) is 0. The number of nitrogens with zero attached hydrogens (tertiary/aromatic N) is 5. The number of ether oxygens (including phenoxy) is 1. The second-order valence-electron chi connectivity index (χ2n) is 31.0. The van der Waals surface area contributed by atoms with Gasteiger partial charge in [-0.25, -0.2) is 17.6 Å². The van der Waals surface area contributed by atoms with Gasteiger partial charge in [0, 0.05) is 51.2 Å². The Morgan fingerprint density at radius 1 is 0.253 bits per heavy atom. The highest BCUT2D eigenvalue weighted by Gasteiger charge is 2.56. The highest BCUT2D eigenvalue weighted by Crippen LogP contribution is 2.58. The van der Waals surface area contributed by atoms with Crippen molar-refractivity contribution in [3.05, 3.63) is 240 Å². The first-order valence-electron chi connectivity index (χ1n) is 33.2. The fourth-order valence-electron chi connectivity index (χ4n) is 16.6. The molecule has 0 saturated heterocycles. The van der Waals surface area contributed by atoms with Gasteiger partial charge in [0.25, 0.3) is 20.1 Å². The van der Waals surface area contributed by atoms with E-state index < -0.39 is 25.1 Å². The molecule has 7 aliphatic heterocycles. The van der Waals surface area contributed by atoms with E-state index in [9.17, 15) is 0 Å². The summed E-state index contributed by atoms with van der Waals surface area (Å²) in [6, 6.07) is 63.2. The van der Waals surface area contributed by atoms with Crippen molar-refractivity contribution < 1.29 is 22.3 Å². The molecule has 0 fully saturated rings. The van der Waals surface area contributed by atoms with E-state index in [-0.39, 0.29) is 40.0 Å². The molecule has 0 radical (unpaired) electrons. The first kappa shape index (κ1) is 57.8. The smallest absolute Gasteiger partial charge is 0.252 e. The number of rotatable bonds is 4. The van der Waals surface area contributed by atoms with Gasteiger partial charge in [-0.3, -0.25) is 0 Å². The fraction of sp³-hybridized carbons (Fsp3) is 0.195. The Kier molecular flexibility index (Phi) is 11.8. The van der Waals surface area contributed by atoms with Crippen molar-refractivity contribution in [3.8, 4) is 11.5 Å². The number of para-hydroxylation sites is 4. The van der Waals surface area contributed by atoms with Crippen LogP contribution >= 0.6 is 0 Å². The lowest BCUT2D eigenvalue weighted by Crippen LogP contribution is -2.70. The molecule has 0 bridgehead atoms. The Hall–Kier alpha value is -9.87. The molecule has 464 valence electrons. The summed E-state index contributed by atoms with van der Waals surface area (Å²) in [4.78, 5) is 10.7. The molecule has 0 aliphatic carbocycles. The zero-order chi connectivity index (χ0) is 65.6. The van der Waals surface area contributed by atoms with Gasteiger partial charge in [0.15, 0.2) is 11.5 Å². The average Bonchev–Trinajstić information content (AvgIpc) is 0.658. The molecule has 0 amide bonds. The van der Waals surface area contributed by atoms with Crippen molar-refractivity contribution in [2.45, 2.75) is 105 Å². The van der Waals surface area contributed by atoms with E-state index in [0.29, 0.717) is 34.1 Å². The summed E-state index contributed by atoms with van der Waals surface area (Å²) in [6.07, 6.45) is 0. The van der Waals surface area contributed by atoms with Crippen molar-refractivity contribution in [3.63, 3.8) is 0 Å². The van der Waals surface area contributed by atoms with E-state index in [0.717, 1.165) is 134 Å². The zero-order valence-electron chi connectivity index (χ0n) is 55.4. The van der Waals surface area contributed by atoms with Crippen molar-refractivity contribution in [1.82, 2.24) is 0 Å². The molecule has 18 rings (SSSR count). The van der Waals surface area contributed by atoms with E-state index >= 15 is 17.6 Å². The molecular weight excluding hydrogens is 1180 g/mol. The summed E-state index contributed by atoms with van der Waals surface area (Å²) in [5, 5.41) is 0. The van der Waals surface area contributed by atoms with Gasteiger partial charge in [0.05, 0.1) is 34.1 Å². The van der Waals surface area contributed by atoms with E-state index in [4.69, 9.17) is 4.74 Å². The fourth-order valence-corrected chi connectivity index (χ4v) is 16.6. The summed E-state index contributed by atoms with van der Waals surface area (Å²) >= 11 is 0. The molecule has 0 N–H and O–H groups in total. The second-order valence-corrected chi connectivity index (χ2v) is 31.0. The molecule has 0 spiro atoms. The number of halogens is 4. The van der Waals surface area contributed by atoms with Gasteiger partial charge >= 0.3 is 0 Å². The standard InChI is InChI=1S/C82H68B3F4N5O/c1-79(2,3)45-32-34-59-49(36-45)83-51-42-52-68(43-67(51)92(63-28-19-15-24-57(63)88)66-31-21-30-65(73(66)83)90(59)61-26-17-13-22-55(61)86)93(64-29-20-16-25-58(64)89)70-44-69-74-78-75(70)85(52)54-39-48(82(10,11)12)41-72-77(54)94(78)76-53(38-47(81(7,8)9)40-71(76)95-72)84(74)50-37-46(80(4,5)6)33-35-60(50)91(69)62-27-18-14-23-56(62)87/h13-44H,1-12H3. The molecule has 0 atom stereocenters. The van der Waals surface area contributed by atoms with Crippen LogP contribution < -0.4 is 78.4 Å². The minimum atomic E-state index is -0.538. The minimum Gasteiger partial charge on any atom is -0.453 e. The predicted molar refractivity (Wildman–Crippen MR) is 389 cm³/mol. The topological polar surface area (TPSA) is 25.4 Å². The van der Waals surface area contributed by atoms with Crippen molar-refractivity contribution in [1.29, 1.82) is 0 Å². The Labute approximate surface area is 554 Å². The van der Waals surface area contributed by atoms with Crippen LogP contribution in [0.3, 0.4) is 0 Å². The molecule has 0 aromatic heterocycles. The Morgan fingerprint density at radius 2 is 0.568 bits per heavy atom. The first-order chi connectivity index (χ1) is 45.3. The maximum atomic E-state index is 18.1. The Balaban J connectivity index is 1.03. The lowest BCUT2D eigenvalue weighted by atomic mass is 9.27. The van der Waals surface area contributed by atoms with E-state index in [1.54, 1.807) is 24.3 Å². The van der Waals surface area contributed by atoms with Crippen LogP contribution in [0.4, 0.5) is 103 Å². The molecule has 11 aromatic rings. The lowest BCUT2D eigenvalue weighted by Gasteiger charge is -2.53. The van der Waals surface area contributed by atoms with E-state index in [1.165, 1.54) is 24.3 Å². The van der Waals surface area contributed by atoms with Crippen LogP contribution in [-0.4, -0.2) is 20.1 Å². The maximum absolute atomic E-state index is 18.1. The Morgan fingerprint density at radius 3 is 0.958 bits per heavy atom.